The predicted molar refractivity (Wildman–Crippen MR) is 129 cm³/mol. The highest BCUT2D eigenvalue weighted by Crippen LogP contribution is 2.33. The Balaban J connectivity index is 1.40. The van der Waals surface area contributed by atoms with E-state index in [2.05, 4.69) is 30.4 Å². The van der Waals surface area contributed by atoms with E-state index in [0.717, 1.165) is 32.6 Å². The van der Waals surface area contributed by atoms with E-state index < -0.39 is 18.2 Å². The molecule has 0 amide bonds. The third-order valence-electron chi connectivity index (χ3n) is 5.97. The molecule has 0 aliphatic carbocycles. The number of nitrogens with two attached hydrogens (primary N) is 1. The molecular formula is C24H22N8O4. The molecule has 4 N–H and O–H groups in total. The quantitative estimate of drug-likeness (QED) is 0.369. The van der Waals surface area contributed by atoms with Gasteiger partial charge in [-0.1, -0.05) is 6.07 Å². The number of hydrogen-bond acceptors (Lipinski definition) is 10. The zero-order chi connectivity index (χ0) is 24.6. The van der Waals surface area contributed by atoms with Crippen LogP contribution in [0.2, 0.25) is 0 Å². The predicted octanol–water partition coefficient (Wildman–Crippen LogP) is 1.61. The van der Waals surface area contributed by atoms with Crippen molar-refractivity contribution < 1.29 is 14.2 Å². The van der Waals surface area contributed by atoms with Crippen LogP contribution in [0.4, 0.5) is 5.69 Å². The highest BCUT2D eigenvalue weighted by molar-refractivity contribution is 6.01. The van der Waals surface area contributed by atoms with E-state index in [4.69, 9.17) is 19.9 Å². The normalized spacial score (nSPS) is 17.0. The minimum atomic E-state index is -0.753. The van der Waals surface area contributed by atoms with Gasteiger partial charge in [0, 0.05) is 36.3 Å². The molecule has 0 spiro atoms. The minimum Gasteiger partial charge on any atom is -0.441 e. The fraction of sp³-hybridized carbons (Fsp3) is 0.208. The SMILES string of the molecule is CO[C@H]1OCc2cc([C@H](Nc3ccc4c(c3)CN=C4N)c3nn(-c4ncccn4)c(=O)[nH]3)ccc2O1. The number of hydrogen-bond donors (Lipinski definition) is 3. The molecule has 2 aromatic carbocycles. The molecule has 12 heteroatoms. The van der Waals surface area contributed by atoms with Crippen LogP contribution in [0.1, 0.15) is 34.1 Å². The van der Waals surface area contributed by atoms with Crippen LogP contribution in [0.3, 0.4) is 0 Å². The van der Waals surface area contributed by atoms with Crippen molar-refractivity contribution in [3.05, 3.63) is 93.4 Å². The Morgan fingerprint density at radius 1 is 1.19 bits per heavy atom. The first-order valence-electron chi connectivity index (χ1n) is 11.2. The van der Waals surface area contributed by atoms with Gasteiger partial charge in [-0.2, -0.15) is 0 Å². The van der Waals surface area contributed by atoms with Gasteiger partial charge in [-0.15, -0.1) is 9.78 Å². The molecule has 2 aliphatic heterocycles. The smallest absolute Gasteiger partial charge is 0.350 e. The summed E-state index contributed by atoms with van der Waals surface area (Å²) in [7, 11) is 1.52. The number of fused-ring (bicyclic) bond motifs is 2. The summed E-state index contributed by atoms with van der Waals surface area (Å²) in [6.07, 6.45) is 3.10. The third kappa shape index (κ3) is 3.97. The molecule has 2 atom stereocenters. The molecule has 0 unspecified atom stereocenters. The highest BCUT2D eigenvalue weighted by atomic mass is 16.8. The zero-order valence-electron chi connectivity index (χ0n) is 19.2. The molecule has 2 aliphatic rings. The Kier molecular flexibility index (Phi) is 5.43. The maximum atomic E-state index is 12.8. The summed E-state index contributed by atoms with van der Waals surface area (Å²) in [5, 5.41) is 8.00. The largest absolute Gasteiger partial charge is 0.441 e. The van der Waals surface area contributed by atoms with Crippen LogP contribution in [0.5, 0.6) is 5.75 Å². The summed E-state index contributed by atoms with van der Waals surface area (Å²) in [6, 6.07) is 12.7. The van der Waals surface area contributed by atoms with E-state index in [9.17, 15) is 4.79 Å². The van der Waals surface area contributed by atoms with Gasteiger partial charge in [0.15, 0.2) is 5.82 Å². The van der Waals surface area contributed by atoms with Crippen molar-refractivity contribution in [2.75, 3.05) is 12.4 Å². The number of rotatable bonds is 6. The van der Waals surface area contributed by atoms with Gasteiger partial charge in [0.1, 0.15) is 17.6 Å². The summed E-state index contributed by atoms with van der Waals surface area (Å²) >= 11 is 0. The van der Waals surface area contributed by atoms with Gasteiger partial charge in [0.25, 0.3) is 5.95 Å². The van der Waals surface area contributed by atoms with Gasteiger partial charge in [-0.25, -0.2) is 14.8 Å². The Labute approximate surface area is 204 Å². The number of anilines is 1. The second-order valence-electron chi connectivity index (χ2n) is 8.25. The molecule has 2 aromatic heterocycles. The number of nitrogens with one attached hydrogen (secondary N) is 2. The first-order valence-corrected chi connectivity index (χ1v) is 11.2. The molecule has 0 saturated heterocycles. The van der Waals surface area contributed by atoms with Crippen molar-refractivity contribution >= 4 is 11.5 Å². The maximum absolute atomic E-state index is 12.8. The van der Waals surface area contributed by atoms with Gasteiger partial charge in [-0.05, 0) is 47.5 Å². The number of H-pyrrole nitrogens is 1. The average Bonchev–Trinajstić information content (AvgIpc) is 3.49. The number of aromatic amines is 1. The summed E-state index contributed by atoms with van der Waals surface area (Å²) in [5.74, 6) is 1.75. The van der Waals surface area contributed by atoms with Gasteiger partial charge in [-0.3, -0.25) is 9.98 Å². The van der Waals surface area contributed by atoms with Crippen molar-refractivity contribution in [1.29, 1.82) is 0 Å². The van der Waals surface area contributed by atoms with E-state index in [1.165, 1.54) is 7.11 Å². The van der Waals surface area contributed by atoms with Crippen molar-refractivity contribution in [1.82, 2.24) is 24.7 Å². The topological polar surface area (TPSA) is 155 Å². The molecule has 0 saturated carbocycles. The van der Waals surface area contributed by atoms with Crippen LogP contribution in [0.15, 0.2) is 64.6 Å². The Morgan fingerprint density at radius 2 is 2.06 bits per heavy atom. The Hall–Kier alpha value is -4.55. The molecular weight excluding hydrogens is 464 g/mol. The number of aromatic nitrogens is 5. The molecule has 0 bridgehead atoms. The lowest BCUT2D eigenvalue weighted by Gasteiger charge is -2.26. The van der Waals surface area contributed by atoms with E-state index in [1.807, 2.05) is 36.4 Å². The first kappa shape index (κ1) is 21.9. The van der Waals surface area contributed by atoms with Gasteiger partial charge in [0.05, 0.1) is 13.2 Å². The van der Waals surface area contributed by atoms with Crippen LogP contribution >= 0.6 is 0 Å². The lowest BCUT2D eigenvalue weighted by Crippen LogP contribution is -2.27. The maximum Gasteiger partial charge on any atom is 0.350 e. The minimum absolute atomic E-state index is 0.173. The summed E-state index contributed by atoms with van der Waals surface area (Å²) in [4.78, 5) is 28.2. The molecule has 12 nitrogen and oxygen atoms in total. The number of nitrogens with zero attached hydrogens (tertiary/aromatic N) is 5. The van der Waals surface area contributed by atoms with E-state index in [0.29, 0.717) is 30.6 Å². The third-order valence-corrected chi connectivity index (χ3v) is 5.97. The molecule has 36 heavy (non-hydrogen) atoms. The van der Waals surface area contributed by atoms with Crippen molar-refractivity contribution in [2.24, 2.45) is 10.7 Å². The van der Waals surface area contributed by atoms with Crippen molar-refractivity contribution in [2.45, 2.75) is 25.7 Å². The van der Waals surface area contributed by atoms with E-state index in [-0.39, 0.29) is 5.95 Å². The lowest BCUT2D eigenvalue weighted by molar-refractivity contribution is -0.250. The number of amidine groups is 1. The van der Waals surface area contributed by atoms with Crippen LogP contribution in [-0.2, 0) is 22.6 Å². The van der Waals surface area contributed by atoms with Gasteiger partial charge >= 0.3 is 12.2 Å². The second kappa shape index (κ2) is 8.91. The van der Waals surface area contributed by atoms with Crippen LogP contribution in [-0.4, -0.2) is 44.2 Å². The summed E-state index contributed by atoms with van der Waals surface area (Å²) < 4.78 is 17.5. The van der Waals surface area contributed by atoms with E-state index >= 15 is 0 Å². The Morgan fingerprint density at radius 3 is 2.89 bits per heavy atom. The zero-order valence-corrected chi connectivity index (χ0v) is 19.2. The molecule has 0 radical (unpaired) electrons. The Bertz CT molecular complexity index is 1510. The van der Waals surface area contributed by atoms with Crippen molar-refractivity contribution in [3.63, 3.8) is 0 Å². The number of aliphatic imine (C=N–C) groups is 1. The second-order valence-corrected chi connectivity index (χ2v) is 8.25. The van der Waals surface area contributed by atoms with Crippen LogP contribution in [0.25, 0.3) is 5.95 Å². The number of ether oxygens (including phenoxy) is 3. The highest BCUT2D eigenvalue weighted by Gasteiger charge is 2.25. The average molecular weight is 486 g/mol. The first-order chi connectivity index (χ1) is 17.6. The fourth-order valence-electron chi connectivity index (χ4n) is 4.22. The fourth-order valence-corrected chi connectivity index (χ4v) is 4.22. The summed E-state index contributed by atoms with van der Waals surface area (Å²) in [6.45, 7) is 0.0789. The lowest BCUT2D eigenvalue weighted by atomic mass is 10.0. The number of methoxy groups -OCH3 is 1. The molecule has 0 fully saturated rings. The molecule has 182 valence electrons. The van der Waals surface area contributed by atoms with Crippen molar-refractivity contribution in [3.8, 4) is 11.7 Å². The van der Waals surface area contributed by atoms with Gasteiger partial charge < -0.3 is 25.3 Å². The van der Waals surface area contributed by atoms with Crippen LogP contribution < -0.4 is 21.5 Å². The van der Waals surface area contributed by atoms with E-state index in [1.54, 1.807) is 18.5 Å². The van der Waals surface area contributed by atoms with Crippen LogP contribution in [0, 0.1) is 0 Å². The monoisotopic (exact) mass is 486 g/mol. The molecule has 4 aromatic rings. The summed E-state index contributed by atoms with van der Waals surface area (Å²) in [5.41, 5.74) is 9.96. The standard InChI is InChI=1S/C24H22N8O4/c1-34-24-35-12-15-9-13(3-6-18(15)36-24)19(29-16-4-5-17-14(10-16)11-28-20(17)25)21-30-23(33)32(31-21)22-26-7-2-8-27-22/h2-10,19,24,29H,11-12H2,1H3,(H2,25,28)(H,30,31,33)/t19-,24-/m0/s1. The molecule has 4 heterocycles. The number of benzene rings is 2. The van der Waals surface area contributed by atoms with Gasteiger partial charge in [0.2, 0.25) is 0 Å². The molecule has 6 rings (SSSR count).